The van der Waals surface area contributed by atoms with Crippen LogP contribution in [-0.4, -0.2) is 17.9 Å². The van der Waals surface area contributed by atoms with Crippen molar-refractivity contribution in [1.29, 1.82) is 0 Å². The van der Waals surface area contributed by atoms with E-state index in [-0.39, 0.29) is 11.8 Å². The predicted octanol–water partition coefficient (Wildman–Crippen LogP) is 3.51. The summed E-state index contributed by atoms with van der Waals surface area (Å²) in [5.74, 6) is 0.800. The van der Waals surface area contributed by atoms with E-state index in [0.29, 0.717) is 17.9 Å². The molecule has 6 nitrogen and oxygen atoms in total. The molecule has 0 aliphatic carbocycles. The Balaban J connectivity index is 1.52. The third-order valence-electron chi connectivity index (χ3n) is 3.87. The van der Waals surface area contributed by atoms with Crippen LogP contribution in [0.5, 0.6) is 11.5 Å². The van der Waals surface area contributed by atoms with Gasteiger partial charge >= 0.3 is 0 Å². The Hall–Kier alpha value is -3.54. The largest absolute Gasteiger partial charge is 0.472 e. The van der Waals surface area contributed by atoms with Crippen LogP contribution in [0.2, 0.25) is 0 Å². The highest BCUT2D eigenvalue weighted by molar-refractivity contribution is 5.97. The van der Waals surface area contributed by atoms with Crippen LogP contribution in [-0.2, 0) is 11.3 Å². The molecule has 0 bridgehead atoms. The van der Waals surface area contributed by atoms with Crippen molar-refractivity contribution in [3.63, 3.8) is 0 Å². The van der Waals surface area contributed by atoms with E-state index in [0.717, 1.165) is 11.3 Å². The quantitative estimate of drug-likeness (QED) is 0.672. The van der Waals surface area contributed by atoms with Gasteiger partial charge in [-0.05, 0) is 42.8 Å². The molecular weight excluding hydrogens is 344 g/mol. The van der Waals surface area contributed by atoms with Crippen LogP contribution in [0, 0.1) is 0 Å². The van der Waals surface area contributed by atoms with Crippen LogP contribution in [0.4, 0.5) is 0 Å². The molecule has 3 aromatic rings. The molecule has 0 saturated carbocycles. The molecule has 0 saturated heterocycles. The van der Waals surface area contributed by atoms with Gasteiger partial charge in [0, 0.05) is 6.54 Å². The zero-order valence-corrected chi connectivity index (χ0v) is 14.8. The van der Waals surface area contributed by atoms with Crippen molar-refractivity contribution in [2.75, 3.05) is 0 Å². The van der Waals surface area contributed by atoms with Crippen molar-refractivity contribution in [1.82, 2.24) is 10.6 Å². The van der Waals surface area contributed by atoms with Gasteiger partial charge in [0.15, 0.2) is 0 Å². The highest BCUT2D eigenvalue weighted by Gasteiger charge is 2.17. The third kappa shape index (κ3) is 5.22. The minimum atomic E-state index is -0.670. The number of para-hydroxylation sites is 1. The number of hydrogen-bond donors (Lipinski definition) is 2. The Labute approximate surface area is 157 Å². The predicted molar refractivity (Wildman–Crippen MR) is 100 cm³/mol. The van der Waals surface area contributed by atoms with Crippen LogP contribution in [0.15, 0.2) is 77.6 Å². The summed E-state index contributed by atoms with van der Waals surface area (Å²) >= 11 is 0. The minimum absolute atomic E-state index is 0.277. The van der Waals surface area contributed by atoms with Crippen LogP contribution in [0.1, 0.15) is 22.8 Å². The molecule has 0 radical (unpaired) electrons. The molecule has 0 spiro atoms. The minimum Gasteiger partial charge on any atom is -0.472 e. The second kappa shape index (κ2) is 8.71. The van der Waals surface area contributed by atoms with Crippen molar-refractivity contribution in [3.05, 3.63) is 84.3 Å². The SMILES string of the molecule is C[C@@H](NC(=O)c1ccoc1)C(=O)NCc1cccc(Oc2ccccc2)c1. The molecule has 1 heterocycles. The lowest BCUT2D eigenvalue weighted by Gasteiger charge is -2.14. The molecule has 2 aromatic carbocycles. The maximum absolute atomic E-state index is 12.2. The highest BCUT2D eigenvalue weighted by atomic mass is 16.5. The number of ether oxygens (including phenoxy) is 1. The molecular formula is C21H20N2O4. The number of amides is 2. The molecule has 0 fully saturated rings. The zero-order valence-electron chi connectivity index (χ0n) is 14.8. The summed E-state index contributed by atoms with van der Waals surface area (Å²) in [5.41, 5.74) is 1.27. The fourth-order valence-corrected chi connectivity index (χ4v) is 2.43. The van der Waals surface area contributed by atoms with Gasteiger partial charge < -0.3 is 19.8 Å². The first-order chi connectivity index (χ1) is 13.1. The van der Waals surface area contributed by atoms with Crippen LogP contribution >= 0.6 is 0 Å². The molecule has 0 aliphatic heterocycles. The summed E-state index contributed by atoms with van der Waals surface area (Å²) in [6.45, 7) is 1.96. The van der Waals surface area contributed by atoms with Gasteiger partial charge in [0.1, 0.15) is 23.8 Å². The van der Waals surface area contributed by atoms with E-state index in [4.69, 9.17) is 9.15 Å². The second-order valence-electron chi connectivity index (χ2n) is 5.99. The Morgan fingerprint density at radius 3 is 2.56 bits per heavy atom. The van der Waals surface area contributed by atoms with E-state index in [2.05, 4.69) is 10.6 Å². The van der Waals surface area contributed by atoms with E-state index in [1.54, 1.807) is 6.92 Å². The van der Waals surface area contributed by atoms with Crippen molar-refractivity contribution in [3.8, 4) is 11.5 Å². The van der Waals surface area contributed by atoms with Crippen molar-refractivity contribution in [2.24, 2.45) is 0 Å². The number of hydrogen-bond acceptors (Lipinski definition) is 4. The lowest BCUT2D eigenvalue weighted by Crippen LogP contribution is -2.44. The number of furan rings is 1. The average Bonchev–Trinajstić information content (AvgIpc) is 3.22. The number of benzene rings is 2. The smallest absolute Gasteiger partial charge is 0.255 e. The van der Waals surface area contributed by atoms with Crippen LogP contribution in [0.25, 0.3) is 0 Å². The summed E-state index contributed by atoms with van der Waals surface area (Å²) < 4.78 is 10.7. The molecule has 6 heteroatoms. The first-order valence-electron chi connectivity index (χ1n) is 8.54. The lowest BCUT2D eigenvalue weighted by molar-refractivity contribution is -0.122. The first kappa shape index (κ1) is 18.3. The Kier molecular flexibility index (Phi) is 5.89. The topological polar surface area (TPSA) is 80.6 Å². The summed E-state index contributed by atoms with van der Waals surface area (Å²) in [4.78, 5) is 24.2. The molecule has 3 rings (SSSR count). The van der Waals surface area contributed by atoms with E-state index in [9.17, 15) is 9.59 Å². The molecule has 0 aliphatic rings. The normalized spacial score (nSPS) is 11.4. The Morgan fingerprint density at radius 2 is 1.81 bits per heavy atom. The van der Waals surface area contributed by atoms with Crippen molar-refractivity contribution < 1.29 is 18.7 Å². The molecule has 2 N–H and O–H groups in total. The molecule has 1 atom stereocenters. The number of rotatable bonds is 7. The van der Waals surface area contributed by atoms with E-state index >= 15 is 0 Å². The standard InChI is InChI=1S/C21H20N2O4/c1-15(23-21(25)17-10-11-26-14-17)20(24)22-13-16-6-5-9-19(12-16)27-18-7-3-2-4-8-18/h2-12,14-15H,13H2,1H3,(H,22,24)(H,23,25)/t15-/m1/s1. The number of nitrogens with one attached hydrogen (secondary N) is 2. The highest BCUT2D eigenvalue weighted by Crippen LogP contribution is 2.21. The van der Waals surface area contributed by atoms with Gasteiger partial charge in [0.05, 0.1) is 11.8 Å². The van der Waals surface area contributed by atoms with Gasteiger partial charge in [0.25, 0.3) is 5.91 Å². The fraction of sp³-hybridized carbons (Fsp3) is 0.143. The molecule has 0 unspecified atom stereocenters. The molecule has 138 valence electrons. The third-order valence-corrected chi connectivity index (χ3v) is 3.87. The Morgan fingerprint density at radius 1 is 1.04 bits per heavy atom. The van der Waals surface area contributed by atoms with Gasteiger partial charge in [-0.25, -0.2) is 0 Å². The van der Waals surface area contributed by atoms with E-state index in [1.807, 2.05) is 54.6 Å². The van der Waals surface area contributed by atoms with Gasteiger partial charge in [-0.3, -0.25) is 9.59 Å². The maximum atomic E-state index is 12.2. The van der Waals surface area contributed by atoms with Gasteiger partial charge in [-0.2, -0.15) is 0 Å². The zero-order chi connectivity index (χ0) is 19.1. The molecule has 1 aromatic heterocycles. The summed E-state index contributed by atoms with van der Waals surface area (Å²) in [7, 11) is 0. The van der Waals surface area contributed by atoms with Gasteiger partial charge in [-0.1, -0.05) is 30.3 Å². The maximum Gasteiger partial charge on any atom is 0.255 e. The average molecular weight is 364 g/mol. The Bertz CT molecular complexity index is 892. The number of carbonyl (C=O) groups excluding carboxylic acids is 2. The molecule has 27 heavy (non-hydrogen) atoms. The van der Waals surface area contributed by atoms with Gasteiger partial charge in [0.2, 0.25) is 5.91 Å². The second-order valence-corrected chi connectivity index (χ2v) is 5.99. The number of carbonyl (C=O) groups is 2. The van der Waals surface area contributed by atoms with Crippen molar-refractivity contribution >= 4 is 11.8 Å². The van der Waals surface area contributed by atoms with Crippen LogP contribution in [0.3, 0.4) is 0 Å². The van der Waals surface area contributed by atoms with E-state index in [1.165, 1.54) is 18.6 Å². The monoisotopic (exact) mass is 364 g/mol. The summed E-state index contributed by atoms with van der Waals surface area (Å²) in [5, 5.41) is 5.43. The first-order valence-corrected chi connectivity index (χ1v) is 8.54. The summed E-state index contributed by atoms with van der Waals surface area (Å²) in [6.07, 6.45) is 2.74. The molecule has 2 amide bonds. The summed E-state index contributed by atoms with van der Waals surface area (Å²) in [6, 6.07) is 17.8. The van der Waals surface area contributed by atoms with Crippen molar-refractivity contribution in [2.45, 2.75) is 19.5 Å². The van der Waals surface area contributed by atoms with E-state index < -0.39 is 6.04 Å². The lowest BCUT2D eigenvalue weighted by atomic mass is 10.2. The van der Waals surface area contributed by atoms with Crippen LogP contribution < -0.4 is 15.4 Å². The van der Waals surface area contributed by atoms with Gasteiger partial charge in [-0.15, -0.1) is 0 Å². The fourth-order valence-electron chi connectivity index (χ4n) is 2.43.